The molecule has 3 rings (SSSR count). The maximum absolute atomic E-state index is 12.7. The maximum Gasteiger partial charge on any atom is 0.337 e. The van der Waals surface area contributed by atoms with Gasteiger partial charge in [0, 0.05) is 9.26 Å². The number of nitrogens with zero attached hydrogens (tertiary/aromatic N) is 1. The lowest BCUT2D eigenvalue weighted by Gasteiger charge is -2.15. The van der Waals surface area contributed by atoms with Gasteiger partial charge in [0.15, 0.2) is 11.5 Å². The van der Waals surface area contributed by atoms with Gasteiger partial charge >= 0.3 is 5.97 Å². The number of benzene rings is 3. The van der Waals surface area contributed by atoms with Gasteiger partial charge in [-0.2, -0.15) is 5.26 Å². The molecule has 0 saturated heterocycles. The van der Waals surface area contributed by atoms with E-state index >= 15 is 0 Å². The minimum absolute atomic E-state index is 0.103. The number of ether oxygens (including phenoxy) is 3. The smallest absolute Gasteiger partial charge is 0.337 e. The van der Waals surface area contributed by atoms with E-state index in [1.807, 2.05) is 37.3 Å². The molecule has 0 bridgehead atoms. The normalized spacial score (nSPS) is 10.8. The topological polar surface area (TPSA) is 97.7 Å². The first kappa shape index (κ1) is 27.2. The third kappa shape index (κ3) is 7.32. The molecule has 9 heteroatoms. The van der Waals surface area contributed by atoms with Crippen molar-refractivity contribution in [2.45, 2.75) is 13.5 Å². The molecule has 36 heavy (non-hydrogen) atoms. The van der Waals surface area contributed by atoms with Crippen molar-refractivity contribution in [2.75, 3.05) is 19.0 Å². The number of carbonyl (C=O) groups excluding carboxylic acids is 2. The Bertz CT molecular complexity index is 1320. The number of rotatable bonds is 9. The standard InChI is InChI=1S/C27H22BrIN2O5/c1-3-35-24-14-18(13-23(28)25(24)36-16-17-4-8-21(29)9-5-17)12-20(15-30)26(32)31-22-10-6-19(7-11-22)27(33)34-2/h4-14H,3,16H2,1-2H3,(H,31,32)/b20-12+. The number of nitriles is 1. The molecular formula is C27H22BrIN2O5. The molecule has 0 aliphatic carbocycles. The second-order valence-corrected chi connectivity index (χ2v) is 9.47. The first-order chi connectivity index (χ1) is 17.3. The van der Waals surface area contributed by atoms with E-state index in [-0.39, 0.29) is 5.57 Å². The molecule has 3 aromatic rings. The molecule has 0 heterocycles. The third-order valence-electron chi connectivity index (χ3n) is 4.87. The van der Waals surface area contributed by atoms with E-state index in [0.29, 0.717) is 46.0 Å². The maximum atomic E-state index is 12.7. The summed E-state index contributed by atoms with van der Waals surface area (Å²) in [7, 11) is 1.29. The predicted molar refractivity (Wildman–Crippen MR) is 149 cm³/mol. The molecule has 3 aromatic carbocycles. The van der Waals surface area contributed by atoms with Gasteiger partial charge in [-0.3, -0.25) is 4.79 Å². The van der Waals surface area contributed by atoms with E-state index in [9.17, 15) is 14.9 Å². The van der Waals surface area contributed by atoms with Crippen LogP contribution in [-0.2, 0) is 16.1 Å². The Hall–Kier alpha value is -3.36. The Morgan fingerprint density at radius 1 is 1.08 bits per heavy atom. The fourth-order valence-corrected chi connectivity index (χ4v) is 4.07. The van der Waals surface area contributed by atoms with Gasteiger partial charge in [0.1, 0.15) is 18.2 Å². The highest BCUT2D eigenvalue weighted by Gasteiger charge is 2.15. The lowest BCUT2D eigenvalue weighted by molar-refractivity contribution is -0.112. The van der Waals surface area contributed by atoms with Crippen LogP contribution in [0.2, 0.25) is 0 Å². The van der Waals surface area contributed by atoms with Crippen molar-refractivity contribution >= 4 is 62.2 Å². The number of hydrogen-bond acceptors (Lipinski definition) is 6. The SMILES string of the molecule is CCOc1cc(/C=C(\C#N)C(=O)Nc2ccc(C(=O)OC)cc2)cc(Br)c1OCc1ccc(I)cc1. The molecule has 1 N–H and O–H groups in total. The second-order valence-electron chi connectivity index (χ2n) is 7.37. The van der Waals surface area contributed by atoms with Crippen LogP contribution in [0.5, 0.6) is 11.5 Å². The summed E-state index contributed by atoms with van der Waals surface area (Å²) in [5.41, 5.74) is 2.28. The van der Waals surface area contributed by atoms with Crippen molar-refractivity contribution in [3.63, 3.8) is 0 Å². The molecule has 0 unspecified atom stereocenters. The van der Waals surface area contributed by atoms with Crippen LogP contribution in [0.3, 0.4) is 0 Å². The summed E-state index contributed by atoms with van der Waals surface area (Å²) in [4.78, 5) is 24.3. The van der Waals surface area contributed by atoms with Gasteiger partial charge in [0.05, 0.1) is 23.8 Å². The molecule has 184 valence electrons. The summed E-state index contributed by atoms with van der Waals surface area (Å²) in [6.45, 7) is 2.62. The first-order valence-electron chi connectivity index (χ1n) is 10.8. The van der Waals surface area contributed by atoms with Gasteiger partial charge in [0.25, 0.3) is 5.91 Å². The molecule has 0 radical (unpaired) electrons. The van der Waals surface area contributed by atoms with E-state index in [1.165, 1.54) is 25.3 Å². The van der Waals surface area contributed by atoms with E-state index < -0.39 is 11.9 Å². The lowest BCUT2D eigenvalue weighted by atomic mass is 10.1. The summed E-state index contributed by atoms with van der Waals surface area (Å²) in [6, 6.07) is 19.6. The first-order valence-corrected chi connectivity index (χ1v) is 12.7. The Kier molecular flexibility index (Phi) is 9.90. The number of carbonyl (C=O) groups is 2. The van der Waals surface area contributed by atoms with Gasteiger partial charge in [0.2, 0.25) is 0 Å². The number of hydrogen-bond donors (Lipinski definition) is 1. The Labute approximate surface area is 231 Å². The molecule has 0 aliphatic heterocycles. The average molecular weight is 661 g/mol. The number of esters is 1. The summed E-state index contributed by atoms with van der Waals surface area (Å²) >= 11 is 5.77. The second kappa shape index (κ2) is 13.1. The third-order valence-corrected chi connectivity index (χ3v) is 6.18. The van der Waals surface area contributed by atoms with Crippen LogP contribution in [0.25, 0.3) is 6.08 Å². The van der Waals surface area contributed by atoms with Crippen LogP contribution >= 0.6 is 38.5 Å². The quantitative estimate of drug-likeness (QED) is 0.124. The average Bonchev–Trinajstić information content (AvgIpc) is 2.88. The number of methoxy groups -OCH3 is 1. The highest BCUT2D eigenvalue weighted by Crippen LogP contribution is 2.38. The molecule has 0 saturated carbocycles. The van der Waals surface area contributed by atoms with Gasteiger partial charge in [-0.15, -0.1) is 0 Å². The van der Waals surface area contributed by atoms with Crippen LogP contribution in [0.4, 0.5) is 5.69 Å². The monoisotopic (exact) mass is 660 g/mol. The van der Waals surface area contributed by atoms with Crippen LogP contribution in [0.1, 0.15) is 28.4 Å². The van der Waals surface area contributed by atoms with Gasteiger partial charge in [-0.25, -0.2) is 4.79 Å². The van der Waals surface area contributed by atoms with E-state index in [1.54, 1.807) is 24.3 Å². The molecule has 0 atom stereocenters. The fraction of sp³-hybridized carbons (Fsp3) is 0.148. The fourth-order valence-electron chi connectivity index (χ4n) is 3.13. The summed E-state index contributed by atoms with van der Waals surface area (Å²) in [5.74, 6) is -0.0514. The van der Waals surface area contributed by atoms with Crippen LogP contribution in [0, 0.1) is 14.9 Å². The zero-order chi connectivity index (χ0) is 26.1. The van der Waals surface area contributed by atoms with E-state index in [0.717, 1.165) is 9.13 Å². The number of anilines is 1. The molecule has 0 fully saturated rings. The van der Waals surface area contributed by atoms with Crippen molar-refractivity contribution in [1.82, 2.24) is 0 Å². The summed E-state index contributed by atoms with van der Waals surface area (Å²) in [6.07, 6.45) is 1.47. The molecule has 1 amide bonds. The van der Waals surface area contributed by atoms with Crippen LogP contribution < -0.4 is 14.8 Å². The minimum atomic E-state index is -0.587. The number of nitrogens with one attached hydrogen (secondary N) is 1. The molecule has 0 aromatic heterocycles. The summed E-state index contributed by atoms with van der Waals surface area (Å²) < 4.78 is 18.2. The molecule has 7 nitrogen and oxygen atoms in total. The number of amides is 1. The van der Waals surface area contributed by atoms with Gasteiger partial charge in [-0.1, -0.05) is 12.1 Å². The lowest BCUT2D eigenvalue weighted by Crippen LogP contribution is -2.13. The Morgan fingerprint density at radius 3 is 2.39 bits per heavy atom. The van der Waals surface area contributed by atoms with Gasteiger partial charge < -0.3 is 19.5 Å². The summed E-state index contributed by atoms with van der Waals surface area (Å²) in [5, 5.41) is 12.3. The van der Waals surface area contributed by atoms with Crippen LogP contribution in [0.15, 0.2) is 70.7 Å². The zero-order valence-corrected chi connectivity index (χ0v) is 23.3. The van der Waals surface area contributed by atoms with Crippen molar-refractivity contribution in [2.24, 2.45) is 0 Å². The highest BCUT2D eigenvalue weighted by molar-refractivity contribution is 14.1. The molecule has 0 spiro atoms. The molecular weight excluding hydrogens is 639 g/mol. The largest absolute Gasteiger partial charge is 0.490 e. The minimum Gasteiger partial charge on any atom is -0.490 e. The van der Waals surface area contributed by atoms with Crippen molar-refractivity contribution in [1.29, 1.82) is 5.26 Å². The van der Waals surface area contributed by atoms with E-state index in [4.69, 9.17) is 9.47 Å². The van der Waals surface area contributed by atoms with Crippen molar-refractivity contribution < 1.29 is 23.8 Å². The number of halogens is 2. The Balaban J connectivity index is 1.80. The van der Waals surface area contributed by atoms with Gasteiger partial charge in [-0.05, 0) is 111 Å². The Morgan fingerprint density at radius 2 is 1.78 bits per heavy atom. The van der Waals surface area contributed by atoms with Crippen LogP contribution in [-0.4, -0.2) is 25.6 Å². The molecule has 0 aliphatic rings. The predicted octanol–water partition coefficient (Wildman–Crippen LogP) is 6.36. The van der Waals surface area contributed by atoms with Crippen molar-refractivity contribution in [3.8, 4) is 17.6 Å². The highest BCUT2D eigenvalue weighted by atomic mass is 127. The van der Waals surface area contributed by atoms with E-state index in [2.05, 4.69) is 48.6 Å². The zero-order valence-electron chi connectivity index (χ0n) is 19.5. The van der Waals surface area contributed by atoms with Crippen molar-refractivity contribution in [3.05, 3.63) is 91.0 Å².